The van der Waals surface area contributed by atoms with Gasteiger partial charge in [-0.05, 0) is 79.9 Å². The van der Waals surface area contributed by atoms with Gasteiger partial charge >= 0.3 is 11.9 Å². The van der Waals surface area contributed by atoms with E-state index in [9.17, 15) is 9.59 Å². The molecule has 4 aromatic rings. The quantitative estimate of drug-likeness (QED) is 0.145. The summed E-state index contributed by atoms with van der Waals surface area (Å²) in [7, 11) is 5.21. The minimum absolute atomic E-state index is 0. The molecule has 1 aliphatic heterocycles. The Morgan fingerprint density at radius 2 is 1.60 bits per heavy atom. The number of methoxy groups -OCH3 is 2. The van der Waals surface area contributed by atoms with Gasteiger partial charge in [-0.1, -0.05) is 71.7 Å². The summed E-state index contributed by atoms with van der Waals surface area (Å²) in [6, 6.07) is 21.3. The highest BCUT2D eigenvalue weighted by Crippen LogP contribution is 2.35. The van der Waals surface area contributed by atoms with E-state index in [1.54, 1.807) is 56.9 Å². The second kappa shape index (κ2) is 18.7. The summed E-state index contributed by atoms with van der Waals surface area (Å²) in [4.78, 5) is 32.3. The van der Waals surface area contributed by atoms with Gasteiger partial charge in [0.05, 0.1) is 26.4 Å². The van der Waals surface area contributed by atoms with E-state index >= 15 is 0 Å². The zero-order valence-corrected chi connectivity index (χ0v) is 29.9. The van der Waals surface area contributed by atoms with Crippen molar-refractivity contribution in [2.45, 2.75) is 38.0 Å². The molecule has 0 bridgehead atoms. The molecule has 0 aliphatic carbocycles. The monoisotopic (exact) mass is 723 g/mol. The third-order valence-electron chi connectivity index (χ3n) is 8.76. The van der Waals surface area contributed by atoms with Gasteiger partial charge in [0.1, 0.15) is 22.2 Å². The lowest BCUT2D eigenvalue weighted by molar-refractivity contribution is -0.377. The van der Waals surface area contributed by atoms with Gasteiger partial charge in [0.2, 0.25) is 0 Å². The van der Waals surface area contributed by atoms with Crippen LogP contribution in [0, 0.1) is 5.92 Å². The number of rotatable bonds is 14. The first-order chi connectivity index (χ1) is 23.7. The number of esters is 2. The number of carbonyl (C=O) groups excluding carboxylic acids is 2. The standard InChI is InChI=1S/C38H41Cl2N3O6.H2O/c1-43-16-14-25(15-17-43)24-48-38(45)36(27-9-5-4-6-10-27)42-21-26-8-7-11-29(18-26)37(44)49-34(20-30-31(39)22-41-23-32(30)40)28-12-13-33(46-2)35(19-28)47-3;/h4-13,18-19,22-23,25,34,36,42H,14-17,20-21,24H2,1-3H3;1H2/t34-,36?;/m0./s1. The number of hydrogen-bond donors (Lipinski definition) is 1. The second-order valence-corrected chi connectivity index (χ2v) is 13.0. The van der Waals surface area contributed by atoms with Gasteiger partial charge in [-0.3, -0.25) is 5.32 Å². The molecule has 0 amide bonds. The van der Waals surface area contributed by atoms with Gasteiger partial charge in [0.15, 0.2) is 23.9 Å². The van der Waals surface area contributed by atoms with Crippen LogP contribution >= 0.6 is 23.2 Å². The zero-order valence-electron chi connectivity index (χ0n) is 28.4. The van der Waals surface area contributed by atoms with Crippen LogP contribution in [0.15, 0.2) is 85.2 Å². The fraction of sp³-hybridized carbons (Fsp3) is 0.342. The van der Waals surface area contributed by atoms with Crippen molar-refractivity contribution in [2.24, 2.45) is 5.92 Å². The molecule has 2 atom stereocenters. The molecule has 266 valence electrons. The van der Waals surface area contributed by atoms with Gasteiger partial charge in [0.25, 0.3) is 0 Å². The number of aromatic nitrogens is 1. The summed E-state index contributed by atoms with van der Waals surface area (Å²) >= 11 is 13.0. The van der Waals surface area contributed by atoms with Crippen LogP contribution in [-0.4, -0.2) is 63.3 Å². The normalized spacial score (nSPS) is 14.6. The van der Waals surface area contributed by atoms with Gasteiger partial charge in [-0.2, -0.15) is 0 Å². The largest absolute Gasteiger partial charge is 0.870 e. The highest BCUT2D eigenvalue weighted by molar-refractivity contribution is 6.35. The summed E-state index contributed by atoms with van der Waals surface area (Å²) in [5.74, 6) is 0.532. The molecule has 0 radical (unpaired) electrons. The Balaban J connectivity index is 0.00000562. The number of benzene rings is 3. The lowest BCUT2D eigenvalue weighted by Crippen LogP contribution is -2.34. The van der Waals surface area contributed by atoms with Crippen molar-refractivity contribution in [3.63, 3.8) is 0 Å². The molecule has 1 aromatic heterocycles. The molecule has 2 heterocycles. The number of pyridine rings is 1. The molecule has 1 saturated heterocycles. The molecule has 50 heavy (non-hydrogen) atoms. The Kier molecular flexibility index (Phi) is 14.4. The van der Waals surface area contributed by atoms with E-state index in [0.717, 1.165) is 37.1 Å². The van der Waals surface area contributed by atoms with E-state index in [0.29, 0.717) is 57.3 Å². The molecule has 0 spiro atoms. The lowest BCUT2D eigenvalue weighted by Gasteiger charge is -2.29. The van der Waals surface area contributed by atoms with Gasteiger partial charge in [0, 0.05) is 18.5 Å². The molecule has 1 unspecified atom stereocenters. The molecule has 1 fully saturated rings. The highest BCUT2D eigenvalue weighted by Gasteiger charge is 2.26. The summed E-state index contributed by atoms with van der Waals surface area (Å²) in [6.07, 6.45) is 4.72. The predicted octanol–water partition coefficient (Wildman–Crippen LogP) is 6.50. The van der Waals surface area contributed by atoms with E-state index < -0.39 is 18.1 Å². The first-order valence-electron chi connectivity index (χ1n) is 16.2. The molecular formula is C38H43Cl2N3O7. The van der Waals surface area contributed by atoms with Crippen LogP contribution < -0.4 is 19.8 Å². The van der Waals surface area contributed by atoms with E-state index in [1.165, 1.54) is 0 Å². The Bertz CT molecular complexity index is 1700. The maximum Gasteiger partial charge on any atom is 0.338 e. The zero-order chi connectivity index (χ0) is 34.8. The molecule has 3 aromatic carbocycles. The number of nitrogens with zero attached hydrogens (tertiary/aromatic N) is 1. The molecule has 5 rings (SSSR count). The minimum atomic E-state index is -0.756. The summed E-state index contributed by atoms with van der Waals surface area (Å²) in [5.41, 5.74) is 3.26. The Labute approximate surface area is 302 Å². The molecule has 10 nitrogen and oxygen atoms in total. The number of hydrogen-bond acceptors (Lipinski definition) is 9. The van der Waals surface area contributed by atoms with Gasteiger partial charge in [-0.15, -0.1) is 0 Å². The number of aromatic amines is 1. The van der Waals surface area contributed by atoms with Crippen molar-refractivity contribution < 1.29 is 39.0 Å². The molecule has 12 heteroatoms. The number of likely N-dealkylation sites (tertiary alicyclic amines) is 1. The molecule has 3 N–H and O–H groups in total. The van der Waals surface area contributed by atoms with Crippen molar-refractivity contribution in [1.82, 2.24) is 10.2 Å². The Morgan fingerprint density at radius 1 is 0.900 bits per heavy atom. The van der Waals surface area contributed by atoms with Crippen LogP contribution in [0.3, 0.4) is 0 Å². The predicted molar refractivity (Wildman–Crippen MR) is 190 cm³/mol. The molecular weight excluding hydrogens is 681 g/mol. The number of nitrogens with one attached hydrogen (secondary N) is 2. The number of carbonyl (C=O) groups is 2. The van der Waals surface area contributed by atoms with Crippen molar-refractivity contribution >= 4 is 35.1 Å². The lowest BCUT2D eigenvalue weighted by atomic mass is 9.98. The second-order valence-electron chi connectivity index (χ2n) is 12.1. The van der Waals surface area contributed by atoms with E-state index in [2.05, 4.69) is 22.2 Å². The van der Waals surface area contributed by atoms with Crippen LogP contribution in [0.1, 0.15) is 57.6 Å². The fourth-order valence-electron chi connectivity index (χ4n) is 5.86. The van der Waals surface area contributed by atoms with Gasteiger partial charge in [-0.25, -0.2) is 14.6 Å². The van der Waals surface area contributed by atoms with Crippen molar-refractivity contribution in [1.29, 1.82) is 0 Å². The third kappa shape index (κ3) is 10.2. The number of H-pyrrole nitrogens is 1. The average molecular weight is 725 g/mol. The average Bonchev–Trinajstić information content (AvgIpc) is 3.12. The number of piperidine rings is 1. The third-order valence-corrected chi connectivity index (χ3v) is 9.43. The maximum atomic E-state index is 13.7. The summed E-state index contributed by atoms with van der Waals surface area (Å²) in [5, 5.41) is 4.19. The van der Waals surface area contributed by atoms with Gasteiger partial charge < -0.3 is 29.3 Å². The summed E-state index contributed by atoms with van der Waals surface area (Å²) in [6.45, 7) is 2.72. The van der Waals surface area contributed by atoms with E-state index in [-0.39, 0.29) is 17.9 Å². The fourth-order valence-corrected chi connectivity index (χ4v) is 6.39. The van der Waals surface area contributed by atoms with E-state index in [1.807, 2.05) is 42.5 Å². The number of ether oxygens (including phenoxy) is 4. The Morgan fingerprint density at radius 3 is 2.28 bits per heavy atom. The Hall–Kier alpha value is -4.19. The maximum absolute atomic E-state index is 13.7. The van der Waals surface area contributed by atoms with Crippen molar-refractivity contribution in [2.75, 3.05) is 41.0 Å². The minimum Gasteiger partial charge on any atom is -0.870 e. The van der Waals surface area contributed by atoms with Crippen LogP contribution in [0.2, 0.25) is 10.0 Å². The number of halogens is 2. The van der Waals surface area contributed by atoms with Crippen LogP contribution in [0.25, 0.3) is 0 Å². The molecule has 0 saturated carbocycles. The first kappa shape index (κ1) is 38.6. The molecule has 1 aliphatic rings. The first-order valence-corrected chi connectivity index (χ1v) is 17.0. The van der Waals surface area contributed by atoms with Crippen LogP contribution in [0.4, 0.5) is 0 Å². The SMILES string of the molecule is COc1ccc([C@H](Cc2c(Cl)c[nH+]cc2Cl)OC(=O)c2cccc(CNC(C(=O)OCC3CCN(C)CC3)c3ccccc3)c2)cc1OC.[OH-]. The van der Waals surface area contributed by atoms with E-state index in [4.69, 9.17) is 42.1 Å². The highest BCUT2D eigenvalue weighted by atomic mass is 35.5. The topological polar surface area (TPSA) is 130 Å². The summed E-state index contributed by atoms with van der Waals surface area (Å²) < 4.78 is 22.9. The van der Waals surface area contributed by atoms with Crippen LogP contribution in [-0.2, 0) is 27.2 Å². The van der Waals surface area contributed by atoms with Crippen molar-refractivity contribution in [3.8, 4) is 11.5 Å². The van der Waals surface area contributed by atoms with Crippen molar-refractivity contribution in [3.05, 3.63) is 123 Å². The van der Waals surface area contributed by atoms with Crippen LogP contribution in [0.5, 0.6) is 11.5 Å². The smallest absolute Gasteiger partial charge is 0.338 e.